The van der Waals surface area contributed by atoms with E-state index in [1.165, 1.54) is 13.0 Å². The van der Waals surface area contributed by atoms with E-state index < -0.39 is 0 Å². The molecule has 0 aliphatic heterocycles. The second kappa shape index (κ2) is 4.62. The Hall–Kier alpha value is -1.35. The number of carbonyl (C=O) groups excluding carboxylic acids is 1. The van der Waals surface area contributed by atoms with Gasteiger partial charge in [-0.3, -0.25) is 4.79 Å². The van der Waals surface area contributed by atoms with Gasteiger partial charge >= 0.3 is 0 Å². The molecular formula is C10H12O3. The second-order valence-corrected chi connectivity index (χ2v) is 2.68. The van der Waals surface area contributed by atoms with Gasteiger partial charge in [0.1, 0.15) is 18.1 Å². The van der Waals surface area contributed by atoms with Crippen molar-refractivity contribution in [3.63, 3.8) is 0 Å². The SMILES string of the molecule is COCc1ccc(/C=C/C(C)=O)o1. The average Bonchev–Trinajstić information content (AvgIpc) is 2.50. The summed E-state index contributed by atoms with van der Waals surface area (Å²) in [6.07, 6.45) is 3.11. The zero-order chi connectivity index (χ0) is 9.68. The van der Waals surface area contributed by atoms with E-state index in [0.29, 0.717) is 12.4 Å². The fourth-order valence-electron chi connectivity index (χ4n) is 0.903. The van der Waals surface area contributed by atoms with Gasteiger partial charge in [-0.2, -0.15) is 0 Å². The molecule has 0 bridgehead atoms. The number of methoxy groups -OCH3 is 1. The standard InChI is InChI=1S/C10H12O3/c1-8(11)3-4-9-5-6-10(13-9)7-12-2/h3-6H,7H2,1-2H3/b4-3+. The van der Waals surface area contributed by atoms with Gasteiger partial charge in [-0.15, -0.1) is 0 Å². The van der Waals surface area contributed by atoms with Gasteiger partial charge in [-0.1, -0.05) is 0 Å². The Bertz CT molecular complexity index is 310. The number of allylic oxidation sites excluding steroid dienone is 1. The number of hydrogen-bond acceptors (Lipinski definition) is 3. The fourth-order valence-corrected chi connectivity index (χ4v) is 0.903. The van der Waals surface area contributed by atoms with Crippen LogP contribution in [0.3, 0.4) is 0 Å². The first-order valence-electron chi connectivity index (χ1n) is 3.98. The van der Waals surface area contributed by atoms with Gasteiger partial charge in [0.15, 0.2) is 5.78 Å². The Morgan fingerprint density at radius 3 is 3.00 bits per heavy atom. The topological polar surface area (TPSA) is 39.4 Å². The van der Waals surface area contributed by atoms with Crippen LogP contribution < -0.4 is 0 Å². The monoisotopic (exact) mass is 180 g/mol. The minimum atomic E-state index is 0.00434. The van der Waals surface area contributed by atoms with E-state index in [0.717, 1.165) is 5.76 Å². The van der Waals surface area contributed by atoms with Crippen molar-refractivity contribution in [2.75, 3.05) is 7.11 Å². The van der Waals surface area contributed by atoms with Gasteiger partial charge in [-0.05, 0) is 31.2 Å². The van der Waals surface area contributed by atoms with Crippen molar-refractivity contribution in [3.8, 4) is 0 Å². The molecule has 3 nitrogen and oxygen atoms in total. The highest BCUT2D eigenvalue weighted by Crippen LogP contribution is 2.10. The van der Waals surface area contributed by atoms with Gasteiger partial charge < -0.3 is 9.15 Å². The van der Waals surface area contributed by atoms with Gasteiger partial charge in [0, 0.05) is 7.11 Å². The zero-order valence-corrected chi connectivity index (χ0v) is 7.74. The molecule has 0 atom stereocenters. The van der Waals surface area contributed by atoms with Crippen LogP contribution >= 0.6 is 0 Å². The molecule has 0 aliphatic rings. The summed E-state index contributed by atoms with van der Waals surface area (Å²) in [5, 5.41) is 0. The molecule has 0 saturated carbocycles. The molecule has 13 heavy (non-hydrogen) atoms. The molecule has 70 valence electrons. The molecule has 1 rings (SSSR count). The molecule has 0 unspecified atom stereocenters. The Morgan fingerprint density at radius 2 is 2.38 bits per heavy atom. The largest absolute Gasteiger partial charge is 0.459 e. The van der Waals surface area contributed by atoms with Crippen LogP contribution in [-0.2, 0) is 16.1 Å². The first kappa shape index (κ1) is 9.74. The maximum absolute atomic E-state index is 10.6. The van der Waals surface area contributed by atoms with Crippen LogP contribution in [0.1, 0.15) is 18.4 Å². The lowest BCUT2D eigenvalue weighted by Crippen LogP contribution is -1.82. The van der Waals surface area contributed by atoms with Crippen molar-refractivity contribution in [3.05, 3.63) is 29.7 Å². The number of hydrogen-bond donors (Lipinski definition) is 0. The number of carbonyl (C=O) groups is 1. The van der Waals surface area contributed by atoms with Crippen LogP contribution in [0.25, 0.3) is 6.08 Å². The van der Waals surface area contributed by atoms with Crippen LogP contribution in [-0.4, -0.2) is 12.9 Å². The summed E-state index contributed by atoms with van der Waals surface area (Å²) in [6, 6.07) is 3.62. The van der Waals surface area contributed by atoms with Crippen molar-refractivity contribution < 1.29 is 13.9 Å². The first-order valence-corrected chi connectivity index (χ1v) is 3.98. The van der Waals surface area contributed by atoms with Crippen LogP contribution in [0.4, 0.5) is 0 Å². The van der Waals surface area contributed by atoms with Gasteiger partial charge in [0.2, 0.25) is 0 Å². The molecule has 0 N–H and O–H groups in total. The summed E-state index contributed by atoms with van der Waals surface area (Å²) in [4.78, 5) is 10.6. The maximum Gasteiger partial charge on any atom is 0.152 e. The van der Waals surface area contributed by atoms with E-state index in [-0.39, 0.29) is 5.78 Å². The number of ether oxygens (including phenoxy) is 1. The summed E-state index contributed by atoms with van der Waals surface area (Å²) in [5.74, 6) is 1.43. The summed E-state index contributed by atoms with van der Waals surface area (Å²) in [6.45, 7) is 1.95. The lowest BCUT2D eigenvalue weighted by atomic mass is 10.3. The molecule has 1 aromatic heterocycles. The molecule has 1 aromatic rings. The average molecular weight is 180 g/mol. The highest BCUT2D eigenvalue weighted by molar-refractivity contribution is 5.91. The summed E-state index contributed by atoms with van der Waals surface area (Å²) < 4.78 is 10.2. The Morgan fingerprint density at radius 1 is 1.62 bits per heavy atom. The highest BCUT2D eigenvalue weighted by atomic mass is 16.5. The zero-order valence-electron chi connectivity index (χ0n) is 7.74. The minimum absolute atomic E-state index is 0.00434. The third-order valence-corrected chi connectivity index (χ3v) is 1.45. The van der Waals surface area contributed by atoms with Crippen molar-refractivity contribution in [1.29, 1.82) is 0 Å². The van der Waals surface area contributed by atoms with E-state index in [4.69, 9.17) is 9.15 Å². The van der Waals surface area contributed by atoms with E-state index in [1.54, 1.807) is 19.3 Å². The number of furan rings is 1. The molecule has 0 amide bonds. The molecule has 1 heterocycles. The normalized spacial score (nSPS) is 10.9. The molecule has 0 radical (unpaired) electrons. The van der Waals surface area contributed by atoms with Crippen LogP contribution in [0.5, 0.6) is 0 Å². The van der Waals surface area contributed by atoms with Crippen molar-refractivity contribution in [1.82, 2.24) is 0 Å². The molecule has 0 saturated heterocycles. The van der Waals surface area contributed by atoms with Gasteiger partial charge in [0.05, 0.1) is 0 Å². The molecule has 0 aromatic carbocycles. The summed E-state index contributed by atoms with van der Waals surface area (Å²) in [7, 11) is 1.60. The molecule has 0 aliphatic carbocycles. The third kappa shape index (κ3) is 3.25. The molecule has 3 heteroatoms. The predicted molar refractivity (Wildman–Crippen MR) is 49.1 cm³/mol. The Balaban J connectivity index is 2.63. The lowest BCUT2D eigenvalue weighted by Gasteiger charge is -1.91. The van der Waals surface area contributed by atoms with Crippen molar-refractivity contribution in [2.24, 2.45) is 0 Å². The second-order valence-electron chi connectivity index (χ2n) is 2.68. The first-order chi connectivity index (χ1) is 6.22. The lowest BCUT2D eigenvalue weighted by molar-refractivity contribution is -0.112. The fraction of sp³-hybridized carbons (Fsp3) is 0.300. The van der Waals surface area contributed by atoms with Gasteiger partial charge in [0.25, 0.3) is 0 Å². The van der Waals surface area contributed by atoms with Crippen LogP contribution in [0.2, 0.25) is 0 Å². The highest BCUT2D eigenvalue weighted by Gasteiger charge is 1.97. The number of ketones is 1. The summed E-state index contributed by atoms with van der Waals surface area (Å²) in [5.41, 5.74) is 0. The van der Waals surface area contributed by atoms with E-state index in [1.807, 2.05) is 6.07 Å². The van der Waals surface area contributed by atoms with E-state index in [9.17, 15) is 4.79 Å². The maximum atomic E-state index is 10.6. The molecule has 0 spiro atoms. The summed E-state index contributed by atoms with van der Waals surface area (Å²) >= 11 is 0. The quantitative estimate of drug-likeness (QED) is 0.665. The smallest absolute Gasteiger partial charge is 0.152 e. The molecular weight excluding hydrogens is 168 g/mol. The molecule has 0 fully saturated rings. The predicted octanol–water partition coefficient (Wildman–Crippen LogP) is 2.03. The van der Waals surface area contributed by atoms with E-state index >= 15 is 0 Å². The van der Waals surface area contributed by atoms with Crippen molar-refractivity contribution >= 4 is 11.9 Å². The van der Waals surface area contributed by atoms with Gasteiger partial charge in [-0.25, -0.2) is 0 Å². The third-order valence-electron chi connectivity index (χ3n) is 1.45. The van der Waals surface area contributed by atoms with E-state index in [2.05, 4.69) is 0 Å². The minimum Gasteiger partial charge on any atom is -0.459 e. The van der Waals surface area contributed by atoms with Crippen molar-refractivity contribution in [2.45, 2.75) is 13.5 Å². The number of rotatable bonds is 4. The van der Waals surface area contributed by atoms with Crippen LogP contribution in [0, 0.1) is 0 Å². The Labute approximate surface area is 77.0 Å². The Kier molecular flexibility index (Phi) is 3.46. The van der Waals surface area contributed by atoms with Crippen LogP contribution in [0.15, 0.2) is 22.6 Å².